The molecule has 0 saturated carbocycles. The zero-order valence-corrected chi connectivity index (χ0v) is 12.1. The zero-order chi connectivity index (χ0) is 12.1. The van der Waals surface area contributed by atoms with E-state index < -0.39 is 6.10 Å². The summed E-state index contributed by atoms with van der Waals surface area (Å²) < 4.78 is 1.82. The highest BCUT2D eigenvalue weighted by Gasteiger charge is 2.20. The third-order valence-corrected chi connectivity index (χ3v) is 4.31. The highest BCUT2D eigenvalue weighted by atomic mass is 79.9. The lowest BCUT2D eigenvalue weighted by Gasteiger charge is -2.16. The van der Waals surface area contributed by atoms with E-state index in [0.29, 0.717) is 6.42 Å². The second kappa shape index (κ2) is 6.39. The van der Waals surface area contributed by atoms with Crippen molar-refractivity contribution in [2.45, 2.75) is 25.9 Å². The van der Waals surface area contributed by atoms with Gasteiger partial charge >= 0.3 is 0 Å². The summed E-state index contributed by atoms with van der Waals surface area (Å²) in [4.78, 5) is 0. The molecule has 0 spiro atoms. The minimum absolute atomic E-state index is 0.335. The summed E-state index contributed by atoms with van der Waals surface area (Å²) in [6, 6.07) is 7.70. The summed E-state index contributed by atoms with van der Waals surface area (Å²) >= 11 is 6.75. The van der Waals surface area contributed by atoms with Crippen molar-refractivity contribution in [1.29, 1.82) is 5.26 Å². The van der Waals surface area contributed by atoms with Crippen LogP contribution in [0.5, 0.6) is 0 Å². The summed E-state index contributed by atoms with van der Waals surface area (Å²) in [6.07, 6.45) is 0.896. The van der Waals surface area contributed by atoms with Crippen LogP contribution in [0, 0.1) is 17.2 Å². The minimum atomic E-state index is -0.714. The molecule has 2 unspecified atom stereocenters. The molecule has 0 amide bonds. The van der Waals surface area contributed by atoms with E-state index in [9.17, 15) is 5.11 Å². The Morgan fingerprint density at radius 3 is 2.56 bits per heavy atom. The number of aliphatic hydroxyl groups excluding tert-OH is 1. The lowest BCUT2D eigenvalue weighted by atomic mass is 9.93. The van der Waals surface area contributed by atoms with Gasteiger partial charge in [0.05, 0.1) is 18.1 Å². The largest absolute Gasteiger partial charge is 0.387 e. The van der Waals surface area contributed by atoms with Gasteiger partial charge in [-0.3, -0.25) is 0 Å². The van der Waals surface area contributed by atoms with E-state index >= 15 is 0 Å². The number of nitriles is 1. The predicted octanol–water partition coefficient (Wildman–Crippen LogP) is 4.18. The fourth-order valence-corrected chi connectivity index (χ4v) is 2.18. The third kappa shape index (κ3) is 3.31. The quantitative estimate of drug-likeness (QED) is 0.888. The molecular formula is C12H13Br2NO. The van der Waals surface area contributed by atoms with Gasteiger partial charge in [0, 0.05) is 8.95 Å². The second-order valence-electron chi connectivity index (χ2n) is 3.64. The lowest BCUT2D eigenvalue weighted by Crippen LogP contribution is -2.10. The summed E-state index contributed by atoms with van der Waals surface area (Å²) in [7, 11) is 0. The van der Waals surface area contributed by atoms with Gasteiger partial charge in [0.2, 0.25) is 0 Å². The molecule has 0 bridgehead atoms. The van der Waals surface area contributed by atoms with Crippen molar-refractivity contribution in [2.75, 3.05) is 0 Å². The van der Waals surface area contributed by atoms with Crippen molar-refractivity contribution < 1.29 is 5.11 Å². The average Bonchev–Trinajstić information content (AvgIpc) is 2.28. The number of halogens is 2. The first-order chi connectivity index (χ1) is 7.60. The Morgan fingerprint density at radius 2 is 2.06 bits per heavy atom. The van der Waals surface area contributed by atoms with Gasteiger partial charge in [-0.2, -0.15) is 5.26 Å². The highest BCUT2D eigenvalue weighted by Crippen LogP contribution is 2.30. The summed E-state index contributed by atoms with van der Waals surface area (Å²) in [5, 5.41) is 19.0. The number of hydrogen-bond acceptors (Lipinski definition) is 2. The summed E-state index contributed by atoms with van der Waals surface area (Å²) in [5.41, 5.74) is 0.773. The highest BCUT2D eigenvalue weighted by molar-refractivity contribution is 9.13. The van der Waals surface area contributed by atoms with E-state index in [1.54, 1.807) is 0 Å². The Kier molecular flexibility index (Phi) is 5.47. The van der Waals surface area contributed by atoms with Crippen LogP contribution < -0.4 is 0 Å². The van der Waals surface area contributed by atoms with Crippen LogP contribution in [0.4, 0.5) is 0 Å². The van der Waals surface area contributed by atoms with Crippen LogP contribution in [-0.4, -0.2) is 5.11 Å². The number of nitrogens with zero attached hydrogens (tertiary/aromatic N) is 1. The monoisotopic (exact) mass is 345 g/mol. The van der Waals surface area contributed by atoms with E-state index in [2.05, 4.69) is 37.9 Å². The number of aliphatic hydroxyl groups is 1. The molecule has 1 N–H and O–H groups in total. The predicted molar refractivity (Wildman–Crippen MR) is 70.8 cm³/mol. The third-order valence-electron chi connectivity index (χ3n) is 2.43. The van der Waals surface area contributed by atoms with Crippen molar-refractivity contribution >= 4 is 31.9 Å². The topological polar surface area (TPSA) is 44.0 Å². The Labute approximate surface area is 113 Å². The van der Waals surface area contributed by atoms with Crippen LogP contribution >= 0.6 is 31.9 Å². The molecule has 1 aromatic carbocycles. The van der Waals surface area contributed by atoms with E-state index in [-0.39, 0.29) is 5.92 Å². The van der Waals surface area contributed by atoms with Gasteiger partial charge in [-0.05, 0) is 56.0 Å². The molecule has 1 rings (SSSR count). The second-order valence-corrected chi connectivity index (χ2v) is 5.35. The molecule has 0 saturated heterocycles. The molecule has 2 nitrogen and oxygen atoms in total. The van der Waals surface area contributed by atoms with Crippen molar-refractivity contribution in [1.82, 2.24) is 0 Å². The van der Waals surface area contributed by atoms with Gasteiger partial charge in [0.25, 0.3) is 0 Å². The molecule has 4 heteroatoms. The SMILES string of the molecule is CCCC(C#N)C(O)c1ccc(Br)c(Br)c1. The molecule has 0 aromatic heterocycles. The van der Waals surface area contributed by atoms with E-state index in [1.807, 2.05) is 25.1 Å². The standard InChI is InChI=1S/C12H13Br2NO/c1-2-3-9(7-15)12(16)8-4-5-10(13)11(14)6-8/h4-6,9,12,16H,2-3H2,1H3. The van der Waals surface area contributed by atoms with Crippen LogP contribution in [0.2, 0.25) is 0 Å². The normalized spacial score (nSPS) is 14.2. The van der Waals surface area contributed by atoms with Crippen molar-refractivity contribution in [2.24, 2.45) is 5.92 Å². The van der Waals surface area contributed by atoms with Gasteiger partial charge < -0.3 is 5.11 Å². The molecule has 86 valence electrons. The summed E-state index contributed by atoms with van der Waals surface area (Å²) in [5.74, 6) is -0.335. The number of rotatable bonds is 4. The van der Waals surface area contributed by atoms with Crippen LogP contribution in [0.3, 0.4) is 0 Å². The van der Waals surface area contributed by atoms with E-state index in [4.69, 9.17) is 5.26 Å². The Morgan fingerprint density at radius 1 is 1.38 bits per heavy atom. The Balaban J connectivity index is 2.91. The van der Waals surface area contributed by atoms with Gasteiger partial charge in [-0.25, -0.2) is 0 Å². The molecule has 16 heavy (non-hydrogen) atoms. The van der Waals surface area contributed by atoms with Gasteiger partial charge in [0.15, 0.2) is 0 Å². The van der Waals surface area contributed by atoms with Crippen LogP contribution in [0.25, 0.3) is 0 Å². The first-order valence-electron chi connectivity index (χ1n) is 5.12. The molecular weight excluding hydrogens is 334 g/mol. The zero-order valence-electron chi connectivity index (χ0n) is 8.95. The molecule has 0 aliphatic heterocycles. The molecule has 1 aromatic rings. The molecule has 0 radical (unpaired) electrons. The van der Waals surface area contributed by atoms with Crippen LogP contribution in [0.15, 0.2) is 27.1 Å². The fraction of sp³-hybridized carbons (Fsp3) is 0.417. The first-order valence-corrected chi connectivity index (χ1v) is 6.71. The maximum absolute atomic E-state index is 10.1. The minimum Gasteiger partial charge on any atom is -0.387 e. The molecule has 2 atom stereocenters. The summed E-state index contributed by atoms with van der Waals surface area (Å²) in [6.45, 7) is 2.01. The average molecular weight is 347 g/mol. The van der Waals surface area contributed by atoms with E-state index in [1.165, 1.54) is 0 Å². The van der Waals surface area contributed by atoms with Crippen molar-refractivity contribution in [3.8, 4) is 6.07 Å². The van der Waals surface area contributed by atoms with Gasteiger partial charge in [-0.15, -0.1) is 0 Å². The molecule has 0 aliphatic rings. The maximum atomic E-state index is 10.1. The van der Waals surface area contributed by atoms with Crippen LogP contribution in [-0.2, 0) is 0 Å². The van der Waals surface area contributed by atoms with Crippen molar-refractivity contribution in [3.63, 3.8) is 0 Å². The van der Waals surface area contributed by atoms with Crippen molar-refractivity contribution in [3.05, 3.63) is 32.7 Å². The molecule has 0 aliphatic carbocycles. The number of hydrogen-bond donors (Lipinski definition) is 1. The smallest absolute Gasteiger partial charge is 0.0948 e. The Hall–Kier alpha value is -0.370. The van der Waals surface area contributed by atoms with E-state index in [0.717, 1.165) is 20.9 Å². The molecule has 0 heterocycles. The van der Waals surface area contributed by atoms with Gasteiger partial charge in [-0.1, -0.05) is 19.4 Å². The first kappa shape index (κ1) is 13.7. The number of benzene rings is 1. The Bertz CT molecular complexity index is 400. The molecule has 0 fully saturated rings. The fourth-order valence-electron chi connectivity index (χ4n) is 1.53. The van der Waals surface area contributed by atoms with Gasteiger partial charge in [0.1, 0.15) is 0 Å². The maximum Gasteiger partial charge on any atom is 0.0948 e. The van der Waals surface area contributed by atoms with Crippen LogP contribution in [0.1, 0.15) is 31.4 Å². The lowest BCUT2D eigenvalue weighted by molar-refractivity contribution is 0.130.